The predicted molar refractivity (Wildman–Crippen MR) is 130 cm³/mol. The number of aromatic nitrogens is 1. The maximum atomic E-state index is 12.5. The van der Waals surface area contributed by atoms with Gasteiger partial charge in [-0.15, -0.1) is 0 Å². The van der Waals surface area contributed by atoms with E-state index in [1.807, 2.05) is 53.4 Å². The van der Waals surface area contributed by atoms with Gasteiger partial charge in [0.05, 0.1) is 16.9 Å². The number of benzene rings is 2. The van der Waals surface area contributed by atoms with Crippen molar-refractivity contribution in [3.05, 3.63) is 83.6 Å². The van der Waals surface area contributed by atoms with Crippen molar-refractivity contribution in [3.63, 3.8) is 0 Å². The first kappa shape index (κ1) is 21.7. The molecule has 7 heteroatoms. The SMILES string of the molecule is O=C(Nc1cccnc1)N1CC2(CCN(Cc3cccc(Oc4ccccc4Cl)c3)CC2)C1. The normalized spacial score (nSPS) is 17.4. The van der Waals surface area contributed by atoms with Gasteiger partial charge in [-0.25, -0.2) is 4.79 Å². The van der Waals surface area contributed by atoms with Gasteiger partial charge in [-0.2, -0.15) is 0 Å². The number of rotatable bonds is 5. The van der Waals surface area contributed by atoms with Gasteiger partial charge >= 0.3 is 6.03 Å². The minimum atomic E-state index is -0.0358. The van der Waals surface area contributed by atoms with Gasteiger partial charge in [-0.1, -0.05) is 35.9 Å². The molecule has 33 heavy (non-hydrogen) atoms. The molecule has 2 amide bonds. The van der Waals surface area contributed by atoms with Crippen LogP contribution in [0.5, 0.6) is 11.5 Å². The highest BCUT2D eigenvalue weighted by atomic mass is 35.5. The molecule has 3 heterocycles. The summed E-state index contributed by atoms with van der Waals surface area (Å²) in [6.45, 7) is 4.62. The average molecular weight is 463 g/mol. The molecule has 1 N–H and O–H groups in total. The maximum absolute atomic E-state index is 12.5. The minimum Gasteiger partial charge on any atom is -0.456 e. The zero-order valence-corrected chi connectivity index (χ0v) is 19.2. The molecule has 1 spiro atoms. The summed E-state index contributed by atoms with van der Waals surface area (Å²) in [6, 6.07) is 19.4. The number of pyridine rings is 1. The molecule has 1 aromatic heterocycles. The molecule has 2 saturated heterocycles. The summed E-state index contributed by atoms with van der Waals surface area (Å²) in [6.07, 6.45) is 5.59. The Morgan fingerprint density at radius 3 is 2.64 bits per heavy atom. The van der Waals surface area contributed by atoms with Crippen LogP contribution in [0.4, 0.5) is 10.5 Å². The first-order valence-electron chi connectivity index (χ1n) is 11.3. The predicted octanol–water partition coefficient (Wildman–Crippen LogP) is 5.66. The van der Waals surface area contributed by atoms with Crippen molar-refractivity contribution in [2.75, 3.05) is 31.5 Å². The summed E-state index contributed by atoms with van der Waals surface area (Å²) in [5.74, 6) is 1.46. The number of ether oxygens (including phenoxy) is 1. The van der Waals surface area contributed by atoms with E-state index in [1.54, 1.807) is 12.4 Å². The van der Waals surface area contributed by atoms with E-state index in [2.05, 4.69) is 27.3 Å². The Kier molecular flexibility index (Phi) is 6.20. The van der Waals surface area contributed by atoms with Crippen molar-refractivity contribution in [3.8, 4) is 11.5 Å². The Hall–Kier alpha value is -3.09. The third kappa shape index (κ3) is 5.13. The zero-order chi connectivity index (χ0) is 22.7. The van der Waals surface area contributed by atoms with E-state index in [0.717, 1.165) is 57.0 Å². The highest BCUT2D eigenvalue weighted by Gasteiger charge is 2.46. The van der Waals surface area contributed by atoms with Crippen LogP contribution in [0.2, 0.25) is 5.02 Å². The van der Waals surface area contributed by atoms with Crippen LogP contribution in [0.3, 0.4) is 0 Å². The number of halogens is 1. The van der Waals surface area contributed by atoms with E-state index in [1.165, 1.54) is 5.56 Å². The van der Waals surface area contributed by atoms with Gasteiger partial charge in [0.15, 0.2) is 0 Å². The van der Waals surface area contributed by atoms with Gasteiger partial charge in [0, 0.05) is 31.2 Å². The van der Waals surface area contributed by atoms with Crippen LogP contribution < -0.4 is 10.1 Å². The van der Waals surface area contributed by atoms with Crippen LogP contribution in [0.1, 0.15) is 18.4 Å². The molecular weight excluding hydrogens is 436 g/mol. The van der Waals surface area contributed by atoms with E-state index in [0.29, 0.717) is 10.8 Å². The maximum Gasteiger partial charge on any atom is 0.321 e. The lowest BCUT2D eigenvalue weighted by molar-refractivity contribution is -0.0200. The average Bonchev–Trinajstić information content (AvgIpc) is 2.81. The molecule has 0 aliphatic carbocycles. The number of nitrogens with zero attached hydrogens (tertiary/aromatic N) is 3. The molecule has 170 valence electrons. The molecular formula is C26H27ClN4O2. The lowest BCUT2D eigenvalue weighted by Gasteiger charge is -2.53. The van der Waals surface area contributed by atoms with Crippen LogP contribution in [0.25, 0.3) is 0 Å². The Bertz CT molecular complexity index is 1110. The fraction of sp³-hybridized carbons (Fsp3) is 0.308. The van der Waals surface area contributed by atoms with Gasteiger partial charge in [-0.05, 0) is 67.9 Å². The largest absolute Gasteiger partial charge is 0.456 e. The summed E-state index contributed by atoms with van der Waals surface area (Å²) in [4.78, 5) is 20.9. The first-order valence-corrected chi connectivity index (χ1v) is 11.7. The van der Waals surface area contributed by atoms with Crippen molar-refractivity contribution in [1.29, 1.82) is 0 Å². The van der Waals surface area contributed by atoms with Crippen LogP contribution in [-0.2, 0) is 6.54 Å². The van der Waals surface area contributed by atoms with E-state index < -0.39 is 0 Å². The van der Waals surface area contributed by atoms with Gasteiger partial charge in [0.2, 0.25) is 0 Å². The summed E-state index contributed by atoms with van der Waals surface area (Å²) in [7, 11) is 0. The minimum absolute atomic E-state index is 0.0358. The topological polar surface area (TPSA) is 57.7 Å². The second kappa shape index (κ2) is 9.41. The Morgan fingerprint density at radius 2 is 1.88 bits per heavy atom. The number of hydrogen-bond donors (Lipinski definition) is 1. The van der Waals surface area contributed by atoms with Crippen LogP contribution in [-0.4, -0.2) is 47.0 Å². The van der Waals surface area contributed by atoms with Gasteiger partial charge in [-0.3, -0.25) is 9.88 Å². The third-order valence-electron chi connectivity index (χ3n) is 6.54. The summed E-state index contributed by atoms with van der Waals surface area (Å²) in [5.41, 5.74) is 2.22. The molecule has 0 radical (unpaired) electrons. The van der Waals surface area contributed by atoms with E-state index in [4.69, 9.17) is 16.3 Å². The van der Waals surface area contributed by atoms with Gasteiger partial charge in [0.1, 0.15) is 11.5 Å². The summed E-state index contributed by atoms with van der Waals surface area (Å²) in [5, 5.41) is 3.53. The van der Waals surface area contributed by atoms with Crippen LogP contribution in [0.15, 0.2) is 73.1 Å². The molecule has 2 aliphatic rings. The molecule has 3 aromatic rings. The van der Waals surface area contributed by atoms with Crippen molar-refractivity contribution < 1.29 is 9.53 Å². The van der Waals surface area contributed by atoms with Crippen molar-refractivity contribution in [1.82, 2.24) is 14.8 Å². The van der Waals surface area contributed by atoms with Crippen LogP contribution in [0, 0.1) is 5.41 Å². The Labute approximate surface area is 199 Å². The Balaban J connectivity index is 1.11. The van der Waals surface area contributed by atoms with Crippen molar-refractivity contribution >= 4 is 23.3 Å². The number of hydrogen-bond acceptors (Lipinski definition) is 4. The third-order valence-corrected chi connectivity index (χ3v) is 6.85. The number of likely N-dealkylation sites (tertiary alicyclic amines) is 2. The van der Waals surface area contributed by atoms with E-state index in [9.17, 15) is 4.79 Å². The first-order chi connectivity index (χ1) is 16.1. The molecule has 0 atom stereocenters. The zero-order valence-electron chi connectivity index (χ0n) is 18.4. The molecule has 2 aromatic carbocycles. The highest BCUT2D eigenvalue weighted by Crippen LogP contribution is 2.41. The quantitative estimate of drug-likeness (QED) is 0.531. The lowest BCUT2D eigenvalue weighted by atomic mass is 9.72. The molecule has 0 bridgehead atoms. The number of amides is 2. The fourth-order valence-corrected chi connectivity index (χ4v) is 4.84. The fourth-order valence-electron chi connectivity index (χ4n) is 4.67. The number of urea groups is 1. The van der Waals surface area contributed by atoms with Crippen molar-refractivity contribution in [2.45, 2.75) is 19.4 Å². The Morgan fingerprint density at radius 1 is 1.06 bits per heavy atom. The monoisotopic (exact) mass is 462 g/mol. The summed E-state index contributed by atoms with van der Waals surface area (Å²) < 4.78 is 5.98. The number of carbonyl (C=O) groups is 1. The molecule has 5 rings (SSSR count). The smallest absolute Gasteiger partial charge is 0.321 e. The number of nitrogens with one attached hydrogen (secondary N) is 1. The number of para-hydroxylation sites is 1. The van der Waals surface area contributed by atoms with E-state index >= 15 is 0 Å². The number of carbonyl (C=O) groups excluding carboxylic acids is 1. The second-order valence-electron chi connectivity index (χ2n) is 8.98. The van der Waals surface area contributed by atoms with E-state index in [-0.39, 0.29) is 11.4 Å². The molecule has 0 saturated carbocycles. The van der Waals surface area contributed by atoms with Gasteiger partial charge < -0.3 is 15.0 Å². The van der Waals surface area contributed by atoms with Crippen molar-refractivity contribution in [2.24, 2.45) is 5.41 Å². The molecule has 0 unspecified atom stereocenters. The van der Waals surface area contributed by atoms with Gasteiger partial charge in [0.25, 0.3) is 0 Å². The lowest BCUT2D eigenvalue weighted by Crippen LogP contribution is -2.62. The number of anilines is 1. The molecule has 6 nitrogen and oxygen atoms in total. The summed E-state index contributed by atoms with van der Waals surface area (Å²) >= 11 is 6.22. The standard InChI is InChI=1S/C26H27ClN4O2/c27-23-8-1-2-9-24(23)33-22-7-3-5-20(15-22)17-30-13-10-26(11-14-30)18-31(19-26)25(32)29-21-6-4-12-28-16-21/h1-9,12,15-16H,10-11,13-14,17-19H2,(H,29,32). The van der Waals surface area contributed by atoms with Crippen LogP contribution >= 0.6 is 11.6 Å². The highest BCUT2D eigenvalue weighted by molar-refractivity contribution is 6.32. The molecule has 2 fully saturated rings. The number of piperidine rings is 1. The second-order valence-corrected chi connectivity index (χ2v) is 9.39. The molecule has 2 aliphatic heterocycles.